The van der Waals surface area contributed by atoms with Gasteiger partial charge in [0.15, 0.2) is 0 Å². The Morgan fingerprint density at radius 3 is 2.07 bits per heavy atom. The molecule has 0 atom stereocenters. The number of carbonyl (C=O) groups excluding carboxylic acids is 1. The maximum atomic E-state index is 11.6. The fraction of sp³-hybridized carbons (Fsp3) is 0.417. The summed E-state index contributed by atoms with van der Waals surface area (Å²) >= 11 is 0. The van der Waals surface area contributed by atoms with Gasteiger partial charge in [-0.3, -0.25) is 4.79 Å². The normalized spacial score (nSPS) is 10.4. The van der Waals surface area contributed by atoms with Crippen LogP contribution in [0.4, 0.5) is 5.69 Å². The molecule has 0 unspecified atom stereocenters. The lowest BCUT2D eigenvalue weighted by atomic mass is 10.3. The average molecular weight is 206 g/mol. The number of hydrogen-bond donors (Lipinski definition) is 0. The van der Waals surface area contributed by atoms with E-state index < -0.39 is 0 Å². The van der Waals surface area contributed by atoms with Crippen molar-refractivity contribution in [3.05, 3.63) is 30.3 Å². The summed E-state index contributed by atoms with van der Waals surface area (Å²) < 4.78 is 0. The van der Waals surface area contributed by atoms with E-state index in [-0.39, 0.29) is 5.91 Å². The number of nitrogens with zero attached hydrogens (tertiary/aromatic N) is 2. The number of benzene rings is 1. The van der Waals surface area contributed by atoms with Gasteiger partial charge >= 0.3 is 0 Å². The highest BCUT2D eigenvalue weighted by Crippen LogP contribution is 2.15. The second kappa shape index (κ2) is 5.51. The topological polar surface area (TPSA) is 23.6 Å². The zero-order valence-electron chi connectivity index (χ0n) is 9.60. The predicted octanol–water partition coefficient (Wildman–Crippen LogP) is 2.30. The molecule has 0 aliphatic heterocycles. The van der Waals surface area contributed by atoms with Crippen molar-refractivity contribution < 1.29 is 4.79 Å². The van der Waals surface area contributed by atoms with Gasteiger partial charge in [0.1, 0.15) is 0 Å². The number of para-hydroxylation sites is 1. The minimum absolute atomic E-state index is 0.0462. The van der Waals surface area contributed by atoms with E-state index in [0.29, 0.717) is 0 Å². The van der Waals surface area contributed by atoms with Crippen LogP contribution in [-0.4, -0.2) is 24.0 Å². The highest BCUT2D eigenvalue weighted by molar-refractivity contribution is 5.90. The molecule has 0 saturated heterocycles. The standard InChI is InChI=1S/C12H18N2O/c1-4-13(5-2)14(11(3)15)12-9-7-6-8-10-12/h6-10H,4-5H2,1-3H3. The van der Waals surface area contributed by atoms with E-state index in [0.717, 1.165) is 18.8 Å². The number of anilines is 1. The van der Waals surface area contributed by atoms with Crippen molar-refractivity contribution >= 4 is 11.6 Å². The van der Waals surface area contributed by atoms with E-state index in [2.05, 4.69) is 0 Å². The molecule has 0 saturated carbocycles. The highest BCUT2D eigenvalue weighted by Gasteiger charge is 2.16. The van der Waals surface area contributed by atoms with Gasteiger partial charge in [-0.05, 0) is 12.1 Å². The van der Waals surface area contributed by atoms with Crippen LogP contribution in [0.5, 0.6) is 0 Å². The summed E-state index contributed by atoms with van der Waals surface area (Å²) in [6.07, 6.45) is 0. The van der Waals surface area contributed by atoms with Crippen LogP contribution in [0, 0.1) is 0 Å². The number of amides is 1. The molecule has 0 aromatic heterocycles. The second-order valence-corrected chi connectivity index (χ2v) is 3.31. The first-order chi connectivity index (χ1) is 7.20. The Morgan fingerprint density at radius 2 is 1.67 bits per heavy atom. The van der Waals surface area contributed by atoms with Crippen LogP contribution in [-0.2, 0) is 4.79 Å². The Hall–Kier alpha value is -1.35. The number of hydrazine groups is 1. The fourth-order valence-electron chi connectivity index (χ4n) is 1.62. The van der Waals surface area contributed by atoms with E-state index >= 15 is 0 Å². The van der Waals surface area contributed by atoms with Gasteiger partial charge in [0.25, 0.3) is 0 Å². The maximum Gasteiger partial charge on any atom is 0.238 e. The molecule has 0 aliphatic rings. The van der Waals surface area contributed by atoms with Gasteiger partial charge < -0.3 is 0 Å². The van der Waals surface area contributed by atoms with Gasteiger partial charge in [-0.2, -0.15) is 0 Å². The molecule has 0 aliphatic carbocycles. The molecule has 1 aromatic rings. The van der Waals surface area contributed by atoms with Gasteiger partial charge in [0.2, 0.25) is 5.91 Å². The van der Waals surface area contributed by atoms with Crippen molar-refractivity contribution in [2.45, 2.75) is 20.8 Å². The minimum Gasteiger partial charge on any atom is -0.273 e. The van der Waals surface area contributed by atoms with Gasteiger partial charge in [-0.25, -0.2) is 10.0 Å². The highest BCUT2D eigenvalue weighted by atomic mass is 16.2. The fourth-order valence-corrected chi connectivity index (χ4v) is 1.62. The average Bonchev–Trinajstić information content (AvgIpc) is 2.26. The summed E-state index contributed by atoms with van der Waals surface area (Å²) in [5.74, 6) is 0.0462. The van der Waals surface area contributed by atoms with Gasteiger partial charge in [0.05, 0.1) is 5.69 Å². The molecule has 3 nitrogen and oxygen atoms in total. The van der Waals surface area contributed by atoms with Gasteiger partial charge in [-0.15, -0.1) is 0 Å². The summed E-state index contributed by atoms with van der Waals surface area (Å²) in [6.45, 7) is 7.33. The summed E-state index contributed by atoms with van der Waals surface area (Å²) in [7, 11) is 0. The third-order valence-electron chi connectivity index (χ3n) is 2.31. The van der Waals surface area contributed by atoms with Crippen LogP contribution < -0.4 is 5.01 Å². The summed E-state index contributed by atoms with van der Waals surface area (Å²) in [5.41, 5.74) is 0.925. The van der Waals surface area contributed by atoms with Gasteiger partial charge in [0, 0.05) is 20.0 Å². The van der Waals surface area contributed by atoms with Crippen LogP contribution in [0.2, 0.25) is 0 Å². The van der Waals surface area contributed by atoms with Crippen LogP contribution in [0.15, 0.2) is 30.3 Å². The number of carbonyl (C=O) groups is 1. The molecule has 15 heavy (non-hydrogen) atoms. The summed E-state index contributed by atoms with van der Waals surface area (Å²) in [4.78, 5) is 11.6. The third-order valence-corrected chi connectivity index (χ3v) is 2.31. The Kier molecular flexibility index (Phi) is 4.31. The molecule has 0 N–H and O–H groups in total. The SMILES string of the molecule is CCN(CC)N(C(C)=O)c1ccccc1. The van der Waals surface area contributed by atoms with Crippen molar-refractivity contribution in [3.63, 3.8) is 0 Å². The molecular weight excluding hydrogens is 188 g/mol. The quantitative estimate of drug-likeness (QED) is 0.706. The Morgan fingerprint density at radius 1 is 1.13 bits per heavy atom. The van der Waals surface area contributed by atoms with E-state index in [1.807, 2.05) is 49.2 Å². The van der Waals surface area contributed by atoms with Crippen molar-refractivity contribution in [1.82, 2.24) is 5.01 Å². The monoisotopic (exact) mass is 206 g/mol. The van der Waals surface area contributed by atoms with Crippen LogP contribution >= 0.6 is 0 Å². The van der Waals surface area contributed by atoms with Crippen LogP contribution in [0.25, 0.3) is 0 Å². The Balaban J connectivity index is 2.97. The largest absolute Gasteiger partial charge is 0.273 e. The zero-order chi connectivity index (χ0) is 11.3. The van der Waals surface area contributed by atoms with E-state index in [4.69, 9.17) is 0 Å². The molecule has 1 rings (SSSR count). The smallest absolute Gasteiger partial charge is 0.238 e. The lowest BCUT2D eigenvalue weighted by Gasteiger charge is -2.32. The van der Waals surface area contributed by atoms with Crippen LogP contribution in [0.3, 0.4) is 0 Å². The first kappa shape index (κ1) is 11.7. The third kappa shape index (κ3) is 2.80. The zero-order valence-corrected chi connectivity index (χ0v) is 9.60. The van der Waals surface area contributed by atoms with E-state index in [9.17, 15) is 4.79 Å². The lowest BCUT2D eigenvalue weighted by Crippen LogP contribution is -2.45. The molecular formula is C12H18N2O. The van der Waals surface area contributed by atoms with Crippen molar-refractivity contribution in [2.24, 2.45) is 0 Å². The maximum absolute atomic E-state index is 11.6. The molecule has 1 aromatic carbocycles. The molecule has 0 fully saturated rings. The first-order valence-electron chi connectivity index (χ1n) is 5.31. The summed E-state index contributed by atoms with van der Waals surface area (Å²) in [6, 6.07) is 9.72. The molecule has 3 heteroatoms. The van der Waals surface area contributed by atoms with Crippen molar-refractivity contribution in [2.75, 3.05) is 18.1 Å². The lowest BCUT2D eigenvalue weighted by molar-refractivity contribution is -0.119. The van der Waals surface area contributed by atoms with E-state index in [1.54, 1.807) is 11.9 Å². The van der Waals surface area contributed by atoms with Crippen molar-refractivity contribution in [3.8, 4) is 0 Å². The number of hydrogen-bond acceptors (Lipinski definition) is 2. The van der Waals surface area contributed by atoms with Gasteiger partial charge in [-0.1, -0.05) is 32.0 Å². The molecule has 0 radical (unpaired) electrons. The van der Waals surface area contributed by atoms with Crippen molar-refractivity contribution in [1.29, 1.82) is 0 Å². The molecule has 0 heterocycles. The first-order valence-corrected chi connectivity index (χ1v) is 5.31. The Bertz CT molecular complexity index is 307. The Labute approximate surface area is 91.3 Å². The minimum atomic E-state index is 0.0462. The summed E-state index contributed by atoms with van der Waals surface area (Å²) in [5, 5.41) is 3.73. The molecule has 0 bridgehead atoms. The number of rotatable bonds is 4. The van der Waals surface area contributed by atoms with E-state index in [1.165, 1.54) is 0 Å². The second-order valence-electron chi connectivity index (χ2n) is 3.31. The van der Waals surface area contributed by atoms with Crippen LogP contribution in [0.1, 0.15) is 20.8 Å². The molecule has 1 amide bonds. The molecule has 0 spiro atoms. The molecule has 82 valence electrons. The predicted molar refractivity (Wildman–Crippen MR) is 62.5 cm³/mol.